The maximum absolute atomic E-state index is 11.8. The van der Waals surface area contributed by atoms with Crippen molar-refractivity contribution in [3.63, 3.8) is 0 Å². The zero-order valence-corrected chi connectivity index (χ0v) is 9.84. The Balaban J connectivity index is 2.27. The fourth-order valence-corrected chi connectivity index (χ4v) is 1.51. The summed E-state index contributed by atoms with van der Waals surface area (Å²) in [6, 6.07) is 5.68. The van der Waals surface area contributed by atoms with Crippen molar-refractivity contribution in [1.29, 1.82) is 0 Å². The second kappa shape index (κ2) is 4.77. The van der Waals surface area contributed by atoms with Gasteiger partial charge in [0.05, 0.1) is 5.56 Å². The number of H-pyrrole nitrogens is 1. The van der Waals surface area contributed by atoms with Crippen LogP contribution < -0.4 is 15.6 Å². The number of rotatable bonds is 3. The number of aromatic nitrogens is 2. The highest BCUT2D eigenvalue weighted by Gasteiger charge is 2.26. The summed E-state index contributed by atoms with van der Waals surface area (Å²) in [4.78, 5) is 33.9. The van der Waals surface area contributed by atoms with Gasteiger partial charge in [0.15, 0.2) is 7.05 Å². The van der Waals surface area contributed by atoms with Crippen LogP contribution in [0.15, 0.2) is 33.6 Å². The van der Waals surface area contributed by atoms with E-state index in [4.69, 9.17) is 5.11 Å². The van der Waals surface area contributed by atoms with E-state index in [1.807, 2.05) is 0 Å². The number of amides is 1. The molecule has 0 bridgehead atoms. The Kier molecular flexibility index (Phi) is 3.15. The minimum Gasteiger partial charge on any atom is -0.478 e. The van der Waals surface area contributed by atoms with Crippen molar-refractivity contribution in [2.24, 2.45) is 7.05 Å². The van der Waals surface area contributed by atoms with Gasteiger partial charge in [0, 0.05) is 5.69 Å². The van der Waals surface area contributed by atoms with Crippen LogP contribution in [0.3, 0.4) is 0 Å². The number of carbonyl (C=O) groups excluding carboxylic acids is 1. The van der Waals surface area contributed by atoms with E-state index in [9.17, 15) is 14.4 Å². The fraction of sp³-hybridized carbons (Fsp3) is 0.0909. The van der Waals surface area contributed by atoms with Crippen LogP contribution in [0.5, 0.6) is 0 Å². The molecule has 8 heteroatoms. The van der Waals surface area contributed by atoms with Crippen molar-refractivity contribution in [3.05, 3.63) is 45.9 Å². The summed E-state index contributed by atoms with van der Waals surface area (Å²) in [5, 5.41) is 13.5. The van der Waals surface area contributed by atoms with E-state index in [2.05, 4.69) is 15.1 Å². The number of benzene rings is 1. The molecule has 0 saturated heterocycles. The summed E-state index contributed by atoms with van der Waals surface area (Å²) in [5.74, 6) is -1.80. The number of nitrogens with one attached hydrogen (secondary N) is 2. The number of anilines is 1. The van der Waals surface area contributed by atoms with Crippen LogP contribution in [0.2, 0.25) is 0 Å². The normalized spacial score (nSPS) is 10.2. The van der Waals surface area contributed by atoms with E-state index in [1.54, 1.807) is 0 Å². The highest BCUT2D eigenvalue weighted by Crippen LogP contribution is 2.11. The largest absolute Gasteiger partial charge is 0.478 e. The van der Waals surface area contributed by atoms with Gasteiger partial charge in [0.2, 0.25) is 0 Å². The molecule has 0 radical (unpaired) electrons. The van der Waals surface area contributed by atoms with E-state index >= 15 is 0 Å². The molecule has 0 unspecified atom stereocenters. The van der Waals surface area contributed by atoms with Crippen LogP contribution in [-0.2, 0) is 7.05 Å². The van der Waals surface area contributed by atoms with Gasteiger partial charge in [-0.1, -0.05) is 10.7 Å². The second-order valence-electron chi connectivity index (χ2n) is 3.73. The number of carboxylic acid groups (broad SMARTS) is 1. The Morgan fingerprint density at radius 2 is 2.16 bits per heavy atom. The summed E-state index contributed by atoms with van der Waals surface area (Å²) in [5.41, 5.74) is -0.733. The molecule has 0 aliphatic heterocycles. The lowest BCUT2D eigenvalue weighted by molar-refractivity contribution is -0.741. The monoisotopic (exact) mass is 264 g/mol. The van der Waals surface area contributed by atoms with Gasteiger partial charge >= 0.3 is 23.2 Å². The number of aromatic carboxylic acids is 1. The molecular weight excluding hydrogens is 254 g/mol. The molecule has 1 aromatic carbocycles. The third kappa shape index (κ3) is 2.51. The van der Waals surface area contributed by atoms with Crippen LogP contribution in [0, 0.1) is 0 Å². The molecule has 0 saturated carbocycles. The summed E-state index contributed by atoms with van der Waals surface area (Å²) >= 11 is 0. The fourth-order valence-electron chi connectivity index (χ4n) is 1.51. The standard InChI is InChI=1S/C11H9N3O5/c1-14-8(11(18)19-13-14)9(15)12-7-4-2-3-6(5-7)10(16)17/h2-5H,1H3,(H2-,12,13,15,16,17,18)/p+1. The second-order valence-corrected chi connectivity index (χ2v) is 3.73. The van der Waals surface area contributed by atoms with Crippen molar-refractivity contribution in [2.75, 3.05) is 5.32 Å². The third-order valence-electron chi connectivity index (χ3n) is 2.39. The molecular formula is C11H10N3O5+. The summed E-state index contributed by atoms with van der Waals surface area (Å²) in [7, 11) is 1.44. The SMILES string of the molecule is C[n+]1[nH]oc(=O)c1C(=O)Nc1cccc(C(=O)O)c1. The van der Waals surface area contributed by atoms with Crippen LogP contribution in [0.25, 0.3) is 0 Å². The van der Waals surface area contributed by atoms with E-state index in [0.717, 1.165) is 4.68 Å². The minimum absolute atomic E-state index is 0.0308. The van der Waals surface area contributed by atoms with Crippen molar-refractivity contribution < 1.29 is 23.9 Å². The molecule has 2 rings (SSSR count). The molecule has 0 aliphatic carbocycles. The predicted molar refractivity (Wildman–Crippen MR) is 61.9 cm³/mol. The van der Waals surface area contributed by atoms with Gasteiger partial charge in [-0.05, 0) is 23.5 Å². The Bertz CT molecular complexity index is 700. The zero-order chi connectivity index (χ0) is 14.0. The summed E-state index contributed by atoms with van der Waals surface area (Å²) in [6.45, 7) is 0. The Morgan fingerprint density at radius 3 is 2.74 bits per heavy atom. The first-order valence-corrected chi connectivity index (χ1v) is 5.21. The number of hydrogen-bond acceptors (Lipinski definition) is 4. The Morgan fingerprint density at radius 1 is 1.42 bits per heavy atom. The molecule has 3 N–H and O–H groups in total. The highest BCUT2D eigenvalue weighted by molar-refractivity contribution is 6.02. The maximum Gasteiger partial charge on any atom is 0.440 e. The minimum atomic E-state index is -1.11. The van der Waals surface area contributed by atoms with Crippen LogP contribution in [0.4, 0.5) is 5.69 Å². The smallest absolute Gasteiger partial charge is 0.440 e. The Labute approximate surface area is 106 Å². The molecule has 19 heavy (non-hydrogen) atoms. The molecule has 8 nitrogen and oxygen atoms in total. The first-order valence-electron chi connectivity index (χ1n) is 5.21. The van der Waals surface area contributed by atoms with Gasteiger partial charge in [-0.2, -0.15) is 0 Å². The summed E-state index contributed by atoms with van der Waals surface area (Å²) < 4.78 is 5.57. The van der Waals surface area contributed by atoms with Crippen molar-refractivity contribution >= 4 is 17.6 Å². The number of nitrogens with zero attached hydrogens (tertiary/aromatic N) is 1. The zero-order valence-electron chi connectivity index (χ0n) is 9.84. The molecule has 98 valence electrons. The number of hydrogen-bond donors (Lipinski definition) is 3. The quantitative estimate of drug-likeness (QED) is 0.660. The van der Waals surface area contributed by atoms with Crippen molar-refractivity contribution in [2.45, 2.75) is 0 Å². The van der Waals surface area contributed by atoms with Gasteiger partial charge in [-0.3, -0.25) is 9.32 Å². The maximum atomic E-state index is 11.8. The van der Waals surface area contributed by atoms with Gasteiger partial charge in [-0.25, -0.2) is 9.59 Å². The van der Waals surface area contributed by atoms with E-state index < -0.39 is 17.5 Å². The molecule has 1 amide bonds. The molecule has 0 aliphatic rings. The lowest BCUT2D eigenvalue weighted by Gasteiger charge is -2.02. The van der Waals surface area contributed by atoms with E-state index in [-0.39, 0.29) is 16.9 Å². The molecule has 1 aromatic heterocycles. The molecule has 0 spiro atoms. The number of aryl methyl sites for hydroxylation is 1. The number of aromatic amines is 1. The van der Waals surface area contributed by atoms with E-state index in [0.29, 0.717) is 0 Å². The molecule has 2 aromatic rings. The highest BCUT2D eigenvalue weighted by atomic mass is 16.5. The average molecular weight is 264 g/mol. The molecule has 0 atom stereocenters. The Hall–Kier alpha value is -2.90. The topological polar surface area (TPSA) is 116 Å². The number of carboxylic acids is 1. The lowest BCUT2D eigenvalue weighted by atomic mass is 10.2. The molecule has 0 fully saturated rings. The summed E-state index contributed by atoms with van der Waals surface area (Å²) in [6.07, 6.45) is 0. The third-order valence-corrected chi connectivity index (χ3v) is 2.39. The van der Waals surface area contributed by atoms with Crippen LogP contribution in [-0.4, -0.2) is 22.3 Å². The van der Waals surface area contributed by atoms with Gasteiger partial charge < -0.3 is 10.4 Å². The van der Waals surface area contributed by atoms with Gasteiger partial charge in [0.25, 0.3) is 0 Å². The molecule has 1 heterocycles. The first-order chi connectivity index (χ1) is 8.99. The predicted octanol–water partition coefficient (Wildman–Crippen LogP) is -0.257. The lowest BCUT2D eigenvalue weighted by Crippen LogP contribution is -2.41. The van der Waals surface area contributed by atoms with Crippen molar-refractivity contribution in [3.8, 4) is 0 Å². The average Bonchev–Trinajstić information content (AvgIpc) is 2.69. The van der Waals surface area contributed by atoms with E-state index in [1.165, 1.54) is 31.3 Å². The first kappa shape index (κ1) is 12.6. The van der Waals surface area contributed by atoms with Gasteiger partial charge in [0.1, 0.15) is 0 Å². The van der Waals surface area contributed by atoms with Crippen LogP contribution in [0.1, 0.15) is 20.8 Å². The number of carbonyl (C=O) groups is 2. The van der Waals surface area contributed by atoms with Crippen molar-refractivity contribution in [1.82, 2.24) is 5.27 Å². The van der Waals surface area contributed by atoms with Gasteiger partial charge in [-0.15, -0.1) is 0 Å². The van der Waals surface area contributed by atoms with Crippen LogP contribution >= 0.6 is 0 Å².